The first-order valence-corrected chi connectivity index (χ1v) is 10.7. The number of hydrogen-bond donors (Lipinski definition) is 2. The molecule has 7 nitrogen and oxygen atoms in total. The minimum atomic E-state index is -3.68. The van der Waals surface area contributed by atoms with E-state index in [2.05, 4.69) is 10.0 Å². The number of benzene rings is 2. The topological polar surface area (TPSA) is 93.7 Å². The predicted octanol–water partition coefficient (Wildman–Crippen LogP) is 1.81. The van der Waals surface area contributed by atoms with Crippen molar-refractivity contribution >= 4 is 15.9 Å². The maximum Gasteiger partial charge on any atom is 0.251 e. The first-order chi connectivity index (χ1) is 13.5. The molecule has 1 fully saturated rings. The molecule has 0 unspecified atom stereocenters. The van der Waals surface area contributed by atoms with Crippen molar-refractivity contribution in [2.45, 2.75) is 11.3 Å². The lowest BCUT2D eigenvalue weighted by Crippen LogP contribution is -2.30. The molecule has 1 heterocycles. The van der Waals surface area contributed by atoms with Gasteiger partial charge in [-0.15, -0.1) is 0 Å². The van der Waals surface area contributed by atoms with Gasteiger partial charge in [0.15, 0.2) is 0 Å². The summed E-state index contributed by atoms with van der Waals surface area (Å²) in [5.74, 6) is 0.562. The molecular weight excluding hydrogens is 380 g/mol. The summed E-state index contributed by atoms with van der Waals surface area (Å²) in [6, 6.07) is 15.3. The van der Waals surface area contributed by atoms with Crippen LogP contribution in [0.4, 0.5) is 0 Å². The molecule has 2 aromatic rings. The lowest BCUT2D eigenvalue weighted by Gasteiger charge is -2.11. The Hall–Kier alpha value is -2.42. The highest BCUT2D eigenvalue weighted by Gasteiger charge is 2.21. The van der Waals surface area contributed by atoms with E-state index in [0.717, 1.165) is 12.2 Å². The Balaban J connectivity index is 1.51. The van der Waals surface area contributed by atoms with E-state index >= 15 is 0 Å². The highest BCUT2D eigenvalue weighted by Crippen LogP contribution is 2.15. The SMILES string of the molecule is O=C(NCCOc1ccccc1)c1cccc(S(=O)(=O)NC[C@H]2CCOC2)c1. The number of hydrogen-bond acceptors (Lipinski definition) is 5. The quantitative estimate of drug-likeness (QED) is 0.622. The first kappa shape index (κ1) is 20.3. The Bertz CT molecular complexity index is 880. The molecule has 1 saturated heterocycles. The Morgan fingerprint density at radius 2 is 1.96 bits per heavy atom. The summed E-state index contributed by atoms with van der Waals surface area (Å²) >= 11 is 0. The molecule has 0 aliphatic carbocycles. The Labute approximate surface area is 165 Å². The minimum Gasteiger partial charge on any atom is -0.492 e. The second kappa shape index (κ2) is 9.68. The van der Waals surface area contributed by atoms with Crippen LogP contribution < -0.4 is 14.8 Å². The van der Waals surface area contributed by atoms with Gasteiger partial charge in [0.25, 0.3) is 5.91 Å². The van der Waals surface area contributed by atoms with E-state index in [0.29, 0.717) is 32.9 Å². The number of rotatable bonds is 9. The van der Waals surface area contributed by atoms with Crippen molar-refractivity contribution in [2.75, 3.05) is 32.9 Å². The average molecular weight is 404 g/mol. The van der Waals surface area contributed by atoms with Crippen LogP contribution >= 0.6 is 0 Å². The van der Waals surface area contributed by atoms with Crippen molar-refractivity contribution in [1.29, 1.82) is 0 Å². The van der Waals surface area contributed by atoms with Crippen LogP contribution in [0.15, 0.2) is 59.5 Å². The van der Waals surface area contributed by atoms with Gasteiger partial charge in [-0.1, -0.05) is 24.3 Å². The summed E-state index contributed by atoms with van der Waals surface area (Å²) in [6.45, 7) is 2.19. The molecule has 2 aromatic carbocycles. The summed E-state index contributed by atoms with van der Waals surface area (Å²) in [5, 5.41) is 2.73. The molecule has 0 saturated carbocycles. The third-order valence-corrected chi connectivity index (χ3v) is 5.81. The normalized spacial score (nSPS) is 16.6. The molecule has 1 aliphatic heterocycles. The third-order valence-electron chi connectivity index (χ3n) is 4.39. The van der Waals surface area contributed by atoms with Crippen molar-refractivity contribution in [2.24, 2.45) is 5.92 Å². The number of amides is 1. The van der Waals surface area contributed by atoms with Gasteiger partial charge in [0, 0.05) is 18.7 Å². The van der Waals surface area contributed by atoms with Gasteiger partial charge in [-0.3, -0.25) is 4.79 Å². The van der Waals surface area contributed by atoms with E-state index in [1.165, 1.54) is 12.1 Å². The zero-order valence-corrected chi connectivity index (χ0v) is 16.3. The number of para-hydroxylation sites is 1. The highest BCUT2D eigenvalue weighted by molar-refractivity contribution is 7.89. The maximum absolute atomic E-state index is 12.5. The Morgan fingerprint density at radius 3 is 2.71 bits per heavy atom. The van der Waals surface area contributed by atoms with E-state index in [1.54, 1.807) is 12.1 Å². The van der Waals surface area contributed by atoms with Gasteiger partial charge in [0.2, 0.25) is 10.0 Å². The molecule has 1 atom stereocenters. The summed E-state index contributed by atoms with van der Waals surface area (Å²) in [5.41, 5.74) is 0.284. The zero-order valence-electron chi connectivity index (χ0n) is 15.5. The summed E-state index contributed by atoms with van der Waals surface area (Å²) in [4.78, 5) is 12.4. The molecule has 8 heteroatoms. The molecule has 0 aromatic heterocycles. The minimum absolute atomic E-state index is 0.0691. The maximum atomic E-state index is 12.5. The molecule has 1 aliphatic rings. The Kier molecular flexibility index (Phi) is 7.02. The monoisotopic (exact) mass is 404 g/mol. The molecule has 28 heavy (non-hydrogen) atoms. The van der Waals surface area contributed by atoms with Gasteiger partial charge in [-0.2, -0.15) is 0 Å². The number of carbonyl (C=O) groups is 1. The summed E-state index contributed by atoms with van der Waals surface area (Å²) in [7, 11) is -3.68. The van der Waals surface area contributed by atoms with Crippen molar-refractivity contribution in [1.82, 2.24) is 10.0 Å². The van der Waals surface area contributed by atoms with Crippen molar-refractivity contribution in [3.05, 3.63) is 60.2 Å². The van der Waals surface area contributed by atoms with Gasteiger partial charge in [0.1, 0.15) is 12.4 Å². The van der Waals surface area contributed by atoms with E-state index in [4.69, 9.17) is 9.47 Å². The van der Waals surface area contributed by atoms with Gasteiger partial charge in [0.05, 0.1) is 18.0 Å². The number of carbonyl (C=O) groups excluding carboxylic acids is 1. The van der Waals surface area contributed by atoms with Crippen LogP contribution in [0.3, 0.4) is 0 Å². The van der Waals surface area contributed by atoms with Crippen molar-refractivity contribution < 1.29 is 22.7 Å². The second-order valence-electron chi connectivity index (χ2n) is 6.53. The first-order valence-electron chi connectivity index (χ1n) is 9.18. The van der Waals surface area contributed by atoms with Gasteiger partial charge in [-0.25, -0.2) is 13.1 Å². The second-order valence-corrected chi connectivity index (χ2v) is 8.29. The van der Waals surface area contributed by atoms with E-state index in [-0.39, 0.29) is 22.3 Å². The van der Waals surface area contributed by atoms with Crippen molar-refractivity contribution in [3.8, 4) is 5.75 Å². The van der Waals surface area contributed by atoms with Crippen LogP contribution in [0.1, 0.15) is 16.8 Å². The molecule has 0 bridgehead atoms. The standard InChI is InChI=1S/C20H24N2O5S/c23-20(21-10-12-27-18-6-2-1-3-7-18)17-5-4-8-19(13-17)28(24,25)22-14-16-9-11-26-15-16/h1-8,13,16,22H,9-12,14-15H2,(H,21,23)/t16-/m1/s1. The molecule has 0 spiro atoms. The smallest absolute Gasteiger partial charge is 0.251 e. The molecular formula is C20H24N2O5S. The molecule has 1 amide bonds. The summed E-state index contributed by atoms with van der Waals surface area (Å²) < 4.78 is 38.3. The highest BCUT2D eigenvalue weighted by atomic mass is 32.2. The van der Waals surface area contributed by atoms with Crippen LogP contribution in [0, 0.1) is 5.92 Å². The Morgan fingerprint density at radius 1 is 1.14 bits per heavy atom. The number of nitrogens with one attached hydrogen (secondary N) is 2. The lowest BCUT2D eigenvalue weighted by molar-refractivity contribution is 0.0947. The van der Waals surface area contributed by atoms with Gasteiger partial charge >= 0.3 is 0 Å². The fourth-order valence-electron chi connectivity index (χ4n) is 2.81. The van der Waals surface area contributed by atoms with Crippen LogP contribution in [0.25, 0.3) is 0 Å². The van der Waals surface area contributed by atoms with Crippen LogP contribution in [-0.4, -0.2) is 47.2 Å². The van der Waals surface area contributed by atoms with E-state index in [1.807, 2.05) is 30.3 Å². The van der Waals surface area contributed by atoms with E-state index in [9.17, 15) is 13.2 Å². The van der Waals surface area contributed by atoms with Crippen LogP contribution in [0.5, 0.6) is 5.75 Å². The van der Waals surface area contributed by atoms with Crippen LogP contribution in [0.2, 0.25) is 0 Å². The molecule has 2 N–H and O–H groups in total. The average Bonchev–Trinajstić information content (AvgIpc) is 3.24. The molecule has 150 valence electrons. The fraction of sp³-hybridized carbons (Fsp3) is 0.350. The molecule has 0 radical (unpaired) electrons. The largest absolute Gasteiger partial charge is 0.492 e. The van der Waals surface area contributed by atoms with Crippen molar-refractivity contribution in [3.63, 3.8) is 0 Å². The van der Waals surface area contributed by atoms with Crippen LogP contribution in [-0.2, 0) is 14.8 Å². The lowest BCUT2D eigenvalue weighted by atomic mass is 10.1. The zero-order chi connectivity index (χ0) is 19.8. The number of ether oxygens (including phenoxy) is 2. The van der Waals surface area contributed by atoms with E-state index < -0.39 is 10.0 Å². The third kappa shape index (κ3) is 5.79. The summed E-state index contributed by atoms with van der Waals surface area (Å²) in [6.07, 6.45) is 0.843. The predicted molar refractivity (Wildman–Crippen MR) is 105 cm³/mol. The van der Waals surface area contributed by atoms with Gasteiger partial charge < -0.3 is 14.8 Å². The molecule has 3 rings (SSSR count). The number of sulfonamides is 1. The fourth-order valence-corrected chi connectivity index (χ4v) is 3.97. The van der Waals surface area contributed by atoms with Gasteiger partial charge in [-0.05, 0) is 42.7 Å².